The molecule has 0 saturated heterocycles. The van der Waals surface area contributed by atoms with E-state index in [1.807, 2.05) is 85.1 Å². The number of hydrogen-bond donors (Lipinski definition) is 1. The molecule has 0 fully saturated rings. The Balaban J connectivity index is 1.75. The lowest BCUT2D eigenvalue weighted by Gasteiger charge is -2.41. The van der Waals surface area contributed by atoms with Crippen LogP contribution in [0.3, 0.4) is 0 Å². The summed E-state index contributed by atoms with van der Waals surface area (Å²) in [5, 5.41) is 12.8. The van der Waals surface area contributed by atoms with Gasteiger partial charge in [-0.15, -0.1) is 0 Å². The van der Waals surface area contributed by atoms with Crippen molar-refractivity contribution >= 4 is 0 Å². The molecule has 184 valence electrons. The maximum absolute atomic E-state index is 12.8. The van der Waals surface area contributed by atoms with Gasteiger partial charge in [0.1, 0.15) is 5.54 Å². The zero-order valence-electron chi connectivity index (χ0n) is 20.9. The van der Waals surface area contributed by atoms with E-state index >= 15 is 0 Å². The number of hydrogen-bond acceptors (Lipinski definition) is 2. The Hall–Kier alpha value is -4.73. The van der Waals surface area contributed by atoms with Crippen molar-refractivity contribution in [2.24, 2.45) is 0 Å². The molecule has 0 aliphatic carbocycles. The minimum Gasteiger partial charge on any atom is -0.373 e. The summed E-state index contributed by atoms with van der Waals surface area (Å²) in [6.45, 7) is 0. The lowest BCUT2D eigenvalue weighted by molar-refractivity contribution is 0.108. The van der Waals surface area contributed by atoms with E-state index in [0.717, 1.165) is 27.8 Å². The Morgan fingerprint density at radius 1 is 0.447 bits per heavy atom. The van der Waals surface area contributed by atoms with Crippen molar-refractivity contribution in [2.45, 2.75) is 11.1 Å². The van der Waals surface area contributed by atoms with Crippen LogP contribution < -0.4 is 0 Å². The van der Waals surface area contributed by atoms with E-state index in [2.05, 4.69) is 77.4 Å². The molecule has 0 saturated carbocycles. The first-order chi connectivity index (χ1) is 18.8. The first-order valence-corrected chi connectivity index (χ1v) is 12.8. The molecular weight excluding hydrogens is 464 g/mol. The second-order valence-corrected chi connectivity index (χ2v) is 9.37. The van der Waals surface area contributed by atoms with E-state index in [0.29, 0.717) is 5.82 Å². The quantitative estimate of drug-likeness (QED) is 0.244. The maximum Gasteiger partial charge on any atom is 0.173 e. The number of benzene rings is 5. The molecule has 1 aromatic heterocycles. The third kappa shape index (κ3) is 3.76. The summed E-state index contributed by atoms with van der Waals surface area (Å²) in [5.74, 6) is 0.534. The highest BCUT2D eigenvalue weighted by Crippen LogP contribution is 2.45. The van der Waals surface area contributed by atoms with E-state index in [-0.39, 0.29) is 0 Å². The van der Waals surface area contributed by atoms with Gasteiger partial charge in [0.2, 0.25) is 0 Å². The van der Waals surface area contributed by atoms with E-state index in [4.69, 9.17) is 4.98 Å². The standard InChI is InChI=1S/C35H28N2O/c38-35(31-22-12-4-13-23-31,32-24-14-5-15-25-32)33-36-26-27-37(33)34(28-16-6-1-7-17-28,29-18-8-2-9-19-29)30-20-10-3-11-21-30/h1-27,38H. The Labute approximate surface area is 223 Å². The third-order valence-corrected chi connectivity index (χ3v) is 7.28. The Kier molecular flexibility index (Phi) is 6.20. The van der Waals surface area contributed by atoms with Gasteiger partial charge >= 0.3 is 0 Å². The largest absolute Gasteiger partial charge is 0.373 e. The average molecular weight is 493 g/mol. The van der Waals surface area contributed by atoms with Crippen LogP contribution in [0.1, 0.15) is 33.6 Å². The number of nitrogens with zero attached hydrogens (tertiary/aromatic N) is 2. The lowest BCUT2D eigenvalue weighted by atomic mass is 9.75. The molecule has 0 aliphatic heterocycles. The number of rotatable bonds is 7. The first-order valence-electron chi connectivity index (χ1n) is 12.8. The van der Waals surface area contributed by atoms with Crippen molar-refractivity contribution in [3.63, 3.8) is 0 Å². The van der Waals surface area contributed by atoms with Crippen molar-refractivity contribution < 1.29 is 5.11 Å². The van der Waals surface area contributed by atoms with Crippen molar-refractivity contribution in [1.29, 1.82) is 0 Å². The zero-order valence-corrected chi connectivity index (χ0v) is 20.9. The minimum atomic E-state index is -1.50. The van der Waals surface area contributed by atoms with Crippen LogP contribution in [0.5, 0.6) is 0 Å². The maximum atomic E-state index is 12.8. The van der Waals surface area contributed by atoms with Crippen LogP contribution in [0.4, 0.5) is 0 Å². The monoisotopic (exact) mass is 492 g/mol. The predicted octanol–water partition coefficient (Wildman–Crippen LogP) is 7.01. The van der Waals surface area contributed by atoms with Gasteiger partial charge in [0.25, 0.3) is 0 Å². The van der Waals surface area contributed by atoms with Gasteiger partial charge in [0.15, 0.2) is 11.4 Å². The normalized spacial score (nSPS) is 11.8. The van der Waals surface area contributed by atoms with E-state index < -0.39 is 11.1 Å². The number of imidazole rings is 1. The fourth-order valence-corrected chi connectivity index (χ4v) is 5.58. The predicted molar refractivity (Wildman–Crippen MR) is 152 cm³/mol. The molecule has 38 heavy (non-hydrogen) atoms. The smallest absolute Gasteiger partial charge is 0.173 e. The molecule has 0 amide bonds. The van der Waals surface area contributed by atoms with Crippen LogP contribution in [0, 0.1) is 0 Å². The van der Waals surface area contributed by atoms with Crippen molar-refractivity contribution in [1.82, 2.24) is 9.55 Å². The molecule has 0 bridgehead atoms. The Bertz CT molecular complexity index is 1460. The second kappa shape index (κ2) is 9.97. The summed E-state index contributed by atoms with van der Waals surface area (Å²) in [6, 6.07) is 50.9. The van der Waals surface area contributed by atoms with Gasteiger partial charge in [0.05, 0.1) is 0 Å². The van der Waals surface area contributed by atoms with Crippen LogP contribution in [0.2, 0.25) is 0 Å². The van der Waals surface area contributed by atoms with E-state index in [1.165, 1.54) is 0 Å². The van der Waals surface area contributed by atoms with Gasteiger partial charge in [-0.25, -0.2) is 4.98 Å². The Morgan fingerprint density at radius 3 is 1.11 bits per heavy atom. The highest BCUT2D eigenvalue weighted by atomic mass is 16.3. The SMILES string of the molecule is OC(c1ccccc1)(c1ccccc1)c1nccn1C(c1ccccc1)(c1ccccc1)c1ccccc1. The Morgan fingerprint density at radius 2 is 0.763 bits per heavy atom. The first kappa shape index (κ1) is 23.7. The summed E-state index contributed by atoms with van der Waals surface area (Å²) >= 11 is 0. The molecule has 1 heterocycles. The van der Waals surface area contributed by atoms with Crippen molar-refractivity contribution in [3.8, 4) is 0 Å². The molecular formula is C35H28N2O. The molecule has 0 atom stereocenters. The van der Waals surface area contributed by atoms with E-state index in [9.17, 15) is 5.11 Å². The second-order valence-electron chi connectivity index (χ2n) is 9.37. The minimum absolute atomic E-state index is 0.534. The molecule has 6 rings (SSSR count). The summed E-state index contributed by atoms with van der Waals surface area (Å²) in [7, 11) is 0. The number of aromatic nitrogens is 2. The molecule has 5 aromatic carbocycles. The highest BCUT2D eigenvalue weighted by Gasteiger charge is 2.45. The van der Waals surface area contributed by atoms with E-state index in [1.54, 1.807) is 6.20 Å². The summed E-state index contributed by atoms with van der Waals surface area (Å²) in [4.78, 5) is 4.90. The summed E-state index contributed by atoms with van der Waals surface area (Å²) < 4.78 is 2.15. The molecule has 6 aromatic rings. The molecule has 3 heteroatoms. The van der Waals surface area contributed by atoms with Crippen LogP contribution in [0.15, 0.2) is 164 Å². The number of aliphatic hydroxyl groups is 1. The van der Waals surface area contributed by atoms with Gasteiger partial charge in [0, 0.05) is 12.4 Å². The lowest BCUT2D eigenvalue weighted by Crippen LogP contribution is -2.43. The van der Waals surface area contributed by atoms with Crippen LogP contribution in [-0.2, 0) is 11.1 Å². The topological polar surface area (TPSA) is 38.1 Å². The van der Waals surface area contributed by atoms with Gasteiger partial charge in [-0.05, 0) is 27.8 Å². The zero-order chi connectivity index (χ0) is 25.8. The third-order valence-electron chi connectivity index (χ3n) is 7.28. The molecule has 0 radical (unpaired) electrons. The molecule has 0 spiro atoms. The van der Waals surface area contributed by atoms with Crippen LogP contribution in [-0.4, -0.2) is 14.7 Å². The van der Waals surface area contributed by atoms with Crippen molar-refractivity contribution in [2.75, 3.05) is 0 Å². The van der Waals surface area contributed by atoms with Gasteiger partial charge in [-0.2, -0.15) is 0 Å². The summed E-state index contributed by atoms with van der Waals surface area (Å²) in [5.41, 5.74) is 2.41. The van der Waals surface area contributed by atoms with Crippen LogP contribution in [0.25, 0.3) is 0 Å². The average Bonchev–Trinajstić information content (AvgIpc) is 3.51. The fourth-order valence-electron chi connectivity index (χ4n) is 5.58. The van der Waals surface area contributed by atoms with Gasteiger partial charge in [-0.1, -0.05) is 152 Å². The fraction of sp³-hybridized carbons (Fsp3) is 0.0571. The highest BCUT2D eigenvalue weighted by molar-refractivity contribution is 5.53. The molecule has 1 N–H and O–H groups in total. The van der Waals surface area contributed by atoms with Gasteiger partial charge in [-0.3, -0.25) is 0 Å². The van der Waals surface area contributed by atoms with Crippen LogP contribution >= 0.6 is 0 Å². The molecule has 0 unspecified atom stereocenters. The molecule has 0 aliphatic rings. The summed E-state index contributed by atoms with van der Waals surface area (Å²) in [6.07, 6.45) is 3.77. The van der Waals surface area contributed by atoms with Crippen molar-refractivity contribution in [3.05, 3.63) is 198 Å². The van der Waals surface area contributed by atoms with Gasteiger partial charge < -0.3 is 9.67 Å². The molecule has 3 nitrogen and oxygen atoms in total.